The van der Waals surface area contributed by atoms with Gasteiger partial charge in [0.15, 0.2) is 0 Å². The van der Waals surface area contributed by atoms with E-state index in [4.69, 9.17) is 0 Å². The minimum Gasteiger partial charge on any atom is -0.258 e. The van der Waals surface area contributed by atoms with Gasteiger partial charge in [0.05, 0.1) is 4.92 Å². The quantitative estimate of drug-likeness (QED) is 0.424. The van der Waals surface area contributed by atoms with Crippen LogP contribution in [0.4, 0.5) is 5.69 Å². The van der Waals surface area contributed by atoms with Crippen molar-refractivity contribution in [2.45, 2.75) is 39.5 Å². The third-order valence-corrected chi connectivity index (χ3v) is 2.37. The van der Waals surface area contributed by atoms with Gasteiger partial charge in [-0.1, -0.05) is 19.8 Å². The lowest BCUT2D eigenvalue weighted by atomic mass is 10.1. The van der Waals surface area contributed by atoms with Crippen molar-refractivity contribution in [1.82, 2.24) is 4.98 Å². The molecule has 0 saturated heterocycles. The molecule has 1 rings (SSSR count). The maximum atomic E-state index is 10.6. The second-order valence-corrected chi connectivity index (χ2v) is 3.68. The average molecular weight is 208 g/mol. The van der Waals surface area contributed by atoms with E-state index in [9.17, 15) is 10.1 Å². The molecule has 0 fully saturated rings. The molecule has 1 aromatic heterocycles. The van der Waals surface area contributed by atoms with Crippen molar-refractivity contribution in [2.24, 2.45) is 0 Å². The fraction of sp³-hybridized carbons (Fsp3) is 0.545. The lowest BCUT2D eigenvalue weighted by molar-refractivity contribution is -0.385. The van der Waals surface area contributed by atoms with Crippen molar-refractivity contribution in [3.63, 3.8) is 0 Å². The first-order valence-electron chi connectivity index (χ1n) is 5.25. The molecule has 4 heteroatoms. The molecule has 0 aromatic carbocycles. The first-order chi connectivity index (χ1) is 7.15. The Kier molecular flexibility index (Phi) is 4.21. The Labute approximate surface area is 89.5 Å². The standard InChI is InChI=1S/C11H16N2O2/c1-3-4-5-6-10-7-9(2)11(8-12-10)13(14)15/h7-8H,3-6H2,1-2H3. The predicted molar refractivity (Wildman–Crippen MR) is 58.9 cm³/mol. The summed E-state index contributed by atoms with van der Waals surface area (Å²) in [5.74, 6) is 0. The topological polar surface area (TPSA) is 56.0 Å². The van der Waals surface area contributed by atoms with Crippen LogP contribution in [0.15, 0.2) is 12.3 Å². The monoisotopic (exact) mass is 208 g/mol. The molecule has 0 aliphatic rings. The summed E-state index contributed by atoms with van der Waals surface area (Å²) in [5, 5.41) is 10.6. The maximum Gasteiger partial charge on any atom is 0.290 e. The number of unbranched alkanes of at least 4 members (excludes halogenated alkanes) is 2. The van der Waals surface area contributed by atoms with Crippen LogP contribution in [-0.4, -0.2) is 9.91 Å². The molecular weight excluding hydrogens is 192 g/mol. The molecule has 0 atom stereocenters. The highest BCUT2D eigenvalue weighted by molar-refractivity contribution is 5.37. The van der Waals surface area contributed by atoms with Gasteiger partial charge < -0.3 is 0 Å². The summed E-state index contributed by atoms with van der Waals surface area (Å²) in [6.45, 7) is 3.90. The third-order valence-electron chi connectivity index (χ3n) is 2.37. The Morgan fingerprint density at radius 2 is 2.20 bits per heavy atom. The van der Waals surface area contributed by atoms with Crippen LogP contribution in [0.3, 0.4) is 0 Å². The molecule has 0 amide bonds. The van der Waals surface area contributed by atoms with Gasteiger partial charge in [-0.25, -0.2) is 0 Å². The Hall–Kier alpha value is -1.45. The van der Waals surface area contributed by atoms with E-state index in [0.29, 0.717) is 5.56 Å². The second-order valence-electron chi connectivity index (χ2n) is 3.68. The van der Waals surface area contributed by atoms with Gasteiger partial charge in [-0.3, -0.25) is 15.1 Å². The second kappa shape index (κ2) is 5.44. The van der Waals surface area contributed by atoms with Gasteiger partial charge in [-0.2, -0.15) is 0 Å². The first kappa shape index (κ1) is 11.6. The number of rotatable bonds is 5. The summed E-state index contributed by atoms with van der Waals surface area (Å²) in [4.78, 5) is 14.3. The molecule has 4 nitrogen and oxygen atoms in total. The molecule has 0 spiro atoms. The Morgan fingerprint density at radius 1 is 1.47 bits per heavy atom. The molecule has 0 aliphatic carbocycles. The van der Waals surface area contributed by atoms with Gasteiger partial charge >= 0.3 is 0 Å². The van der Waals surface area contributed by atoms with E-state index in [1.165, 1.54) is 19.0 Å². The zero-order chi connectivity index (χ0) is 11.3. The van der Waals surface area contributed by atoms with Gasteiger partial charge in [0.25, 0.3) is 5.69 Å². The van der Waals surface area contributed by atoms with Crippen LogP contribution in [-0.2, 0) is 6.42 Å². The maximum absolute atomic E-state index is 10.6. The van der Waals surface area contributed by atoms with E-state index in [2.05, 4.69) is 11.9 Å². The number of hydrogen-bond acceptors (Lipinski definition) is 3. The molecular formula is C11H16N2O2. The zero-order valence-electron chi connectivity index (χ0n) is 9.19. The Balaban J connectivity index is 2.69. The molecule has 15 heavy (non-hydrogen) atoms. The van der Waals surface area contributed by atoms with Crippen molar-refractivity contribution in [3.8, 4) is 0 Å². The number of aryl methyl sites for hydroxylation is 2. The summed E-state index contributed by atoms with van der Waals surface area (Å²) in [5.41, 5.74) is 1.75. The number of nitro groups is 1. The smallest absolute Gasteiger partial charge is 0.258 e. The van der Waals surface area contributed by atoms with E-state index in [-0.39, 0.29) is 5.69 Å². The Morgan fingerprint density at radius 3 is 2.73 bits per heavy atom. The third kappa shape index (κ3) is 3.31. The van der Waals surface area contributed by atoms with Crippen molar-refractivity contribution in [2.75, 3.05) is 0 Å². The van der Waals surface area contributed by atoms with Crippen molar-refractivity contribution >= 4 is 5.69 Å². The van der Waals surface area contributed by atoms with E-state index < -0.39 is 4.92 Å². The molecule has 0 radical (unpaired) electrons. The van der Waals surface area contributed by atoms with Crippen LogP contribution < -0.4 is 0 Å². The summed E-state index contributed by atoms with van der Waals surface area (Å²) in [6.07, 6.45) is 5.72. The summed E-state index contributed by atoms with van der Waals surface area (Å²) in [6, 6.07) is 1.81. The molecule has 0 N–H and O–H groups in total. The highest BCUT2D eigenvalue weighted by atomic mass is 16.6. The lowest BCUT2D eigenvalue weighted by Crippen LogP contribution is -1.96. The van der Waals surface area contributed by atoms with Crippen molar-refractivity contribution in [1.29, 1.82) is 0 Å². The molecule has 1 aromatic rings. The average Bonchev–Trinajstić information content (AvgIpc) is 2.17. The van der Waals surface area contributed by atoms with Gasteiger partial charge in [-0.15, -0.1) is 0 Å². The predicted octanol–water partition coefficient (Wildman–Crippen LogP) is 3.03. The fourth-order valence-electron chi connectivity index (χ4n) is 1.49. The number of pyridine rings is 1. The zero-order valence-corrected chi connectivity index (χ0v) is 9.19. The van der Waals surface area contributed by atoms with Crippen LogP contribution in [0.1, 0.15) is 37.4 Å². The number of aromatic nitrogens is 1. The normalized spacial score (nSPS) is 10.3. The minimum absolute atomic E-state index is 0.106. The van der Waals surface area contributed by atoms with Crippen molar-refractivity contribution in [3.05, 3.63) is 33.6 Å². The first-order valence-corrected chi connectivity index (χ1v) is 5.25. The largest absolute Gasteiger partial charge is 0.290 e. The van der Waals surface area contributed by atoms with Gasteiger partial charge in [0.2, 0.25) is 0 Å². The minimum atomic E-state index is -0.391. The van der Waals surface area contributed by atoms with Crippen LogP contribution in [0.2, 0.25) is 0 Å². The molecule has 0 unspecified atom stereocenters. The van der Waals surface area contributed by atoms with E-state index >= 15 is 0 Å². The number of nitrogens with zero attached hydrogens (tertiary/aromatic N) is 2. The molecule has 0 aliphatic heterocycles. The lowest BCUT2D eigenvalue weighted by Gasteiger charge is -2.01. The molecule has 82 valence electrons. The van der Waals surface area contributed by atoms with Crippen LogP contribution in [0.25, 0.3) is 0 Å². The van der Waals surface area contributed by atoms with Crippen LogP contribution in [0, 0.1) is 17.0 Å². The van der Waals surface area contributed by atoms with E-state index in [0.717, 1.165) is 18.5 Å². The van der Waals surface area contributed by atoms with E-state index in [1.54, 1.807) is 6.92 Å². The highest BCUT2D eigenvalue weighted by Crippen LogP contribution is 2.17. The molecule has 0 saturated carbocycles. The number of hydrogen-bond donors (Lipinski definition) is 0. The van der Waals surface area contributed by atoms with E-state index in [1.807, 2.05) is 6.07 Å². The van der Waals surface area contributed by atoms with Crippen LogP contribution >= 0.6 is 0 Å². The SMILES string of the molecule is CCCCCc1cc(C)c([N+](=O)[O-])cn1. The highest BCUT2D eigenvalue weighted by Gasteiger charge is 2.10. The van der Waals surface area contributed by atoms with Crippen LogP contribution in [0.5, 0.6) is 0 Å². The Bertz CT molecular complexity index is 350. The van der Waals surface area contributed by atoms with Gasteiger partial charge in [-0.05, 0) is 25.8 Å². The summed E-state index contributed by atoms with van der Waals surface area (Å²) < 4.78 is 0. The van der Waals surface area contributed by atoms with Gasteiger partial charge in [0.1, 0.15) is 6.20 Å². The summed E-state index contributed by atoms with van der Waals surface area (Å²) >= 11 is 0. The van der Waals surface area contributed by atoms with Gasteiger partial charge in [0, 0.05) is 11.3 Å². The van der Waals surface area contributed by atoms with Crippen molar-refractivity contribution < 1.29 is 4.92 Å². The molecule has 1 heterocycles. The fourth-order valence-corrected chi connectivity index (χ4v) is 1.49. The molecule has 0 bridgehead atoms. The summed E-state index contributed by atoms with van der Waals surface area (Å²) in [7, 11) is 0.